The van der Waals surface area contributed by atoms with E-state index in [9.17, 15) is 4.79 Å². The molecular weight excluding hydrogens is 226 g/mol. The van der Waals surface area contributed by atoms with Gasteiger partial charge >= 0.3 is 5.97 Å². The molecule has 1 N–H and O–H groups in total. The molecule has 1 aromatic carbocycles. The topological polar surface area (TPSA) is 38.3 Å². The zero-order valence-electron chi connectivity index (χ0n) is 11.1. The third kappa shape index (κ3) is 3.33. The van der Waals surface area contributed by atoms with Crippen molar-refractivity contribution in [2.45, 2.75) is 32.7 Å². The van der Waals surface area contributed by atoms with Crippen LogP contribution >= 0.6 is 0 Å². The highest BCUT2D eigenvalue weighted by Gasteiger charge is 2.27. The number of carbonyl (C=O) groups is 1. The van der Waals surface area contributed by atoms with Crippen LogP contribution < -0.4 is 5.32 Å². The lowest BCUT2D eigenvalue weighted by molar-refractivity contribution is -0.145. The van der Waals surface area contributed by atoms with Crippen LogP contribution in [-0.4, -0.2) is 19.1 Å². The lowest BCUT2D eigenvalue weighted by Crippen LogP contribution is -2.32. The van der Waals surface area contributed by atoms with E-state index in [0.717, 1.165) is 23.6 Å². The minimum absolute atomic E-state index is 0.174. The molecule has 0 spiro atoms. The van der Waals surface area contributed by atoms with Crippen LogP contribution in [0.15, 0.2) is 24.3 Å². The van der Waals surface area contributed by atoms with Gasteiger partial charge in [0.25, 0.3) is 0 Å². The molecule has 1 aliphatic rings. The molecule has 3 heteroatoms. The molecule has 3 nitrogen and oxygen atoms in total. The average Bonchev–Trinajstić information content (AvgIpc) is 3.16. The van der Waals surface area contributed by atoms with Crippen molar-refractivity contribution in [1.29, 1.82) is 0 Å². The van der Waals surface area contributed by atoms with Crippen molar-refractivity contribution in [3.8, 4) is 0 Å². The van der Waals surface area contributed by atoms with Gasteiger partial charge in [-0.1, -0.05) is 24.3 Å². The maximum atomic E-state index is 12.0. The summed E-state index contributed by atoms with van der Waals surface area (Å²) in [7, 11) is 0. The Balaban J connectivity index is 2.11. The molecule has 1 unspecified atom stereocenters. The third-order valence-corrected chi connectivity index (χ3v) is 3.33. The van der Waals surface area contributed by atoms with Gasteiger partial charge in [0.2, 0.25) is 0 Å². The molecule has 0 heterocycles. The highest BCUT2D eigenvalue weighted by molar-refractivity contribution is 5.78. The van der Waals surface area contributed by atoms with E-state index in [1.54, 1.807) is 0 Å². The zero-order chi connectivity index (χ0) is 13.0. The molecule has 0 aromatic heterocycles. The highest BCUT2D eigenvalue weighted by atomic mass is 16.5. The molecule has 0 saturated heterocycles. The summed E-state index contributed by atoms with van der Waals surface area (Å²) in [5.74, 6) is 0.568. The number of benzene rings is 1. The van der Waals surface area contributed by atoms with Gasteiger partial charge in [-0.05, 0) is 50.3 Å². The molecule has 1 aliphatic carbocycles. The summed E-state index contributed by atoms with van der Waals surface area (Å²) < 4.78 is 5.16. The molecule has 98 valence electrons. The summed E-state index contributed by atoms with van der Waals surface area (Å²) in [5.41, 5.74) is 2.15. The predicted molar refractivity (Wildman–Crippen MR) is 71.3 cm³/mol. The molecule has 1 fully saturated rings. The predicted octanol–water partition coefficient (Wildman–Crippen LogP) is 2.60. The van der Waals surface area contributed by atoms with E-state index in [4.69, 9.17) is 4.74 Å². The van der Waals surface area contributed by atoms with Crippen molar-refractivity contribution < 1.29 is 9.53 Å². The number of esters is 1. The fraction of sp³-hybridized carbons (Fsp3) is 0.533. The number of aryl methyl sites for hydroxylation is 1. The number of hydrogen-bond donors (Lipinski definition) is 1. The van der Waals surface area contributed by atoms with Crippen molar-refractivity contribution in [1.82, 2.24) is 5.32 Å². The van der Waals surface area contributed by atoms with E-state index in [-0.39, 0.29) is 12.0 Å². The smallest absolute Gasteiger partial charge is 0.327 e. The molecule has 0 aliphatic heterocycles. The highest BCUT2D eigenvalue weighted by Crippen LogP contribution is 2.29. The molecule has 0 radical (unpaired) electrons. The van der Waals surface area contributed by atoms with Crippen molar-refractivity contribution in [2.24, 2.45) is 5.92 Å². The van der Waals surface area contributed by atoms with Crippen LogP contribution in [0.1, 0.15) is 36.9 Å². The average molecular weight is 247 g/mol. The Kier molecular flexibility index (Phi) is 4.37. The third-order valence-electron chi connectivity index (χ3n) is 3.33. The Morgan fingerprint density at radius 2 is 2.17 bits per heavy atom. The zero-order valence-corrected chi connectivity index (χ0v) is 11.1. The van der Waals surface area contributed by atoms with Gasteiger partial charge < -0.3 is 10.1 Å². The first-order chi connectivity index (χ1) is 8.72. The van der Waals surface area contributed by atoms with Gasteiger partial charge in [-0.25, -0.2) is 4.79 Å². The SMILES string of the molecule is CCOC(=O)C(NCC1CC1)c1ccccc1C. The monoisotopic (exact) mass is 247 g/mol. The van der Waals surface area contributed by atoms with Crippen LogP contribution in [0.25, 0.3) is 0 Å². The number of rotatable bonds is 6. The molecule has 1 atom stereocenters. The van der Waals surface area contributed by atoms with E-state index in [1.807, 2.05) is 38.1 Å². The van der Waals surface area contributed by atoms with Crippen LogP contribution in [0.2, 0.25) is 0 Å². The van der Waals surface area contributed by atoms with Gasteiger partial charge in [0.1, 0.15) is 6.04 Å². The first-order valence-electron chi connectivity index (χ1n) is 6.68. The lowest BCUT2D eigenvalue weighted by atomic mass is 10.0. The molecular formula is C15H21NO2. The fourth-order valence-corrected chi connectivity index (χ4v) is 2.06. The van der Waals surface area contributed by atoms with E-state index in [0.29, 0.717) is 6.61 Å². The Morgan fingerprint density at radius 1 is 1.44 bits per heavy atom. The van der Waals surface area contributed by atoms with Crippen molar-refractivity contribution in [3.05, 3.63) is 35.4 Å². The quantitative estimate of drug-likeness (QED) is 0.785. The lowest BCUT2D eigenvalue weighted by Gasteiger charge is -2.19. The molecule has 18 heavy (non-hydrogen) atoms. The fourth-order valence-electron chi connectivity index (χ4n) is 2.06. The summed E-state index contributed by atoms with van der Waals surface area (Å²) in [6.45, 7) is 5.19. The largest absolute Gasteiger partial charge is 0.465 e. The number of hydrogen-bond acceptors (Lipinski definition) is 3. The van der Waals surface area contributed by atoms with Crippen LogP contribution in [0.4, 0.5) is 0 Å². The van der Waals surface area contributed by atoms with Crippen LogP contribution in [-0.2, 0) is 9.53 Å². The maximum absolute atomic E-state index is 12.0. The molecule has 0 bridgehead atoms. The minimum atomic E-state index is -0.327. The van der Waals surface area contributed by atoms with Gasteiger partial charge in [-0.2, -0.15) is 0 Å². The Bertz CT molecular complexity index is 413. The number of ether oxygens (including phenoxy) is 1. The molecule has 0 amide bonds. The summed E-state index contributed by atoms with van der Waals surface area (Å²) in [6, 6.07) is 7.65. The van der Waals surface area contributed by atoms with Crippen molar-refractivity contribution in [2.75, 3.05) is 13.2 Å². The Hall–Kier alpha value is -1.35. The van der Waals surface area contributed by atoms with E-state index < -0.39 is 0 Å². The molecule has 2 rings (SSSR count). The van der Waals surface area contributed by atoms with Crippen LogP contribution in [0, 0.1) is 12.8 Å². The van der Waals surface area contributed by atoms with E-state index in [1.165, 1.54) is 12.8 Å². The summed E-state index contributed by atoms with van der Waals surface area (Å²) >= 11 is 0. The second-order valence-electron chi connectivity index (χ2n) is 4.89. The van der Waals surface area contributed by atoms with E-state index in [2.05, 4.69) is 5.32 Å². The first-order valence-corrected chi connectivity index (χ1v) is 6.68. The van der Waals surface area contributed by atoms with Gasteiger partial charge in [0.15, 0.2) is 0 Å². The second kappa shape index (κ2) is 6.01. The normalized spacial score (nSPS) is 16.3. The number of nitrogens with one attached hydrogen (secondary N) is 1. The van der Waals surface area contributed by atoms with Gasteiger partial charge in [0.05, 0.1) is 6.61 Å². The summed E-state index contributed by atoms with van der Waals surface area (Å²) in [4.78, 5) is 12.0. The minimum Gasteiger partial charge on any atom is -0.465 e. The maximum Gasteiger partial charge on any atom is 0.327 e. The molecule has 1 saturated carbocycles. The van der Waals surface area contributed by atoms with Crippen LogP contribution in [0.3, 0.4) is 0 Å². The van der Waals surface area contributed by atoms with E-state index >= 15 is 0 Å². The number of carbonyl (C=O) groups excluding carboxylic acids is 1. The summed E-state index contributed by atoms with van der Waals surface area (Å²) in [6.07, 6.45) is 2.55. The Morgan fingerprint density at radius 3 is 2.78 bits per heavy atom. The van der Waals surface area contributed by atoms with Crippen LogP contribution in [0.5, 0.6) is 0 Å². The van der Waals surface area contributed by atoms with Gasteiger partial charge in [-0.3, -0.25) is 0 Å². The van der Waals surface area contributed by atoms with Crippen molar-refractivity contribution >= 4 is 5.97 Å². The second-order valence-corrected chi connectivity index (χ2v) is 4.89. The van der Waals surface area contributed by atoms with Crippen molar-refractivity contribution in [3.63, 3.8) is 0 Å². The molecule has 1 aromatic rings. The summed E-state index contributed by atoms with van der Waals surface area (Å²) in [5, 5.41) is 3.35. The first kappa shape index (κ1) is 13.1. The Labute approximate surface area is 109 Å². The van der Waals surface area contributed by atoms with Gasteiger partial charge in [-0.15, -0.1) is 0 Å². The standard InChI is InChI=1S/C15H21NO2/c1-3-18-15(17)14(16-10-12-8-9-12)13-7-5-4-6-11(13)2/h4-7,12,14,16H,3,8-10H2,1-2H3. The van der Waals surface area contributed by atoms with Gasteiger partial charge in [0, 0.05) is 0 Å².